The summed E-state index contributed by atoms with van der Waals surface area (Å²) in [6, 6.07) is 5.38. The molecule has 1 aliphatic rings. The molecule has 1 fully saturated rings. The van der Waals surface area contributed by atoms with E-state index in [1.165, 1.54) is 6.07 Å². The normalized spacial score (nSPS) is 20.5. The maximum atomic E-state index is 13.6. The minimum atomic E-state index is -0.194. The van der Waals surface area contributed by atoms with Gasteiger partial charge in [-0.3, -0.25) is 4.90 Å². The van der Waals surface area contributed by atoms with Crippen molar-refractivity contribution in [1.82, 2.24) is 10.2 Å². The fourth-order valence-electron chi connectivity index (χ4n) is 2.24. The van der Waals surface area contributed by atoms with E-state index in [1.54, 1.807) is 12.1 Å². The van der Waals surface area contributed by atoms with Crippen LogP contribution in [0.25, 0.3) is 0 Å². The van der Waals surface area contributed by atoms with Crippen molar-refractivity contribution in [3.05, 3.63) is 34.6 Å². The van der Waals surface area contributed by atoms with Crippen molar-refractivity contribution in [2.45, 2.75) is 19.4 Å². The van der Waals surface area contributed by atoms with Gasteiger partial charge in [0, 0.05) is 42.8 Å². The van der Waals surface area contributed by atoms with E-state index in [-0.39, 0.29) is 18.2 Å². The van der Waals surface area contributed by atoms with Crippen molar-refractivity contribution >= 4 is 24.0 Å². The van der Waals surface area contributed by atoms with E-state index in [0.29, 0.717) is 23.0 Å². The molecular formula is C13H19Cl2FN2. The molecule has 0 saturated carbocycles. The zero-order valence-electron chi connectivity index (χ0n) is 10.5. The third kappa shape index (κ3) is 3.82. The third-order valence-electron chi connectivity index (χ3n) is 3.35. The largest absolute Gasteiger partial charge is 0.314 e. The van der Waals surface area contributed by atoms with Crippen LogP contribution in [-0.2, 0) is 6.42 Å². The molecule has 0 aliphatic carbocycles. The topological polar surface area (TPSA) is 15.3 Å². The van der Waals surface area contributed by atoms with E-state index >= 15 is 0 Å². The lowest BCUT2D eigenvalue weighted by Crippen LogP contribution is -2.50. The lowest BCUT2D eigenvalue weighted by molar-refractivity contribution is 0.175. The number of rotatable bonds is 3. The molecule has 1 aromatic carbocycles. The zero-order chi connectivity index (χ0) is 12.3. The van der Waals surface area contributed by atoms with Gasteiger partial charge in [0.25, 0.3) is 0 Å². The maximum Gasteiger partial charge on any atom is 0.127 e. The average Bonchev–Trinajstić information content (AvgIpc) is 2.30. The number of nitrogens with one attached hydrogen (secondary N) is 1. The van der Waals surface area contributed by atoms with Gasteiger partial charge in [-0.15, -0.1) is 12.4 Å². The van der Waals surface area contributed by atoms with Crippen molar-refractivity contribution < 1.29 is 4.39 Å². The SMILES string of the molecule is C[C@H]1CNCCN1CCc1c(F)cccc1Cl.Cl. The van der Waals surface area contributed by atoms with Gasteiger partial charge >= 0.3 is 0 Å². The van der Waals surface area contributed by atoms with E-state index in [4.69, 9.17) is 11.6 Å². The Hall–Kier alpha value is -0.350. The molecule has 0 radical (unpaired) electrons. The Morgan fingerprint density at radius 2 is 2.28 bits per heavy atom. The summed E-state index contributed by atoms with van der Waals surface area (Å²) in [6.45, 7) is 6.09. The molecule has 0 bridgehead atoms. The van der Waals surface area contributed by atoms with Gasteiger partial charge in [0.2, 0.25) is 0 Å². The van der Waals surface area contributed by atoms with Gasteiger partial charge in [-0.2, -0.15) is 0 Å². The van der Waals surface area contributed by atoms with E-state index in [9.17, 15) is 4.39 Å². The minimum Gasteiger partial charge on any atom is -0.314 e. The van der Waals surface area contributed by atoms with Crippen molar-refractivity contribution in [3.63, 3.8) is 0 Å². The van der Waals surface area contributed by atoms with Crippen LogP contribution in [0.2, 0.25) is 5.02 Å². The predicted octanol–water partition coefficient (Wildman–Crippen LogP) is 2.74. The number of halogens is 3. The third-order valence-corrected chi connectivity index (χ3v) is 3.70. The number of hydrogen-bond acceptors (Lipinski definition) is 2. The van der Waals surface area contributed by atoms with Gasteiger partial charge in [0.05, 0.1) is 0 Å². The Morgan fingerprint density at radius 3 is 2.94 bits per heavy atom. The Labute approximate surface area is 119 Å². The summed E-state index contributed by atoms with van der Waals surface area (Å²) in [7, 11) is 0. The van der Waals surface area contributed by atoms with Gasteiger partial charge in [-0.1, -0.05) is 17.7 Å². The number of nitrogens with zero attached hydrogens (tertiary/aromatic N) is 1. The van der Waals surface area contributed by atoms with Gasteiger partial charge in [-0.25, -0.2) is 4.39 Å². The molecule has 1 atom stereocenters. The Bertz CT molecular complexity index is 367. The van der Waals surface area contributed by atoms with E-state index in [1.807, 2.05) is 0 Å². The van der Waals surface area contributed by atoms with Gasteiger partial charge < -0.3 is 5.32 Å². The highest BCUT2D eigenvalue weighted by atomic mass is 35.5. The first-order chi connectivity index (χ1) is 8.18. The van der Waals surface area contributed by atoms with Crippen molar-refractivity contribution in [2.75, 3.05) is 26.2 Å². The van der Waals surface area contributed by atoms with Crippen LogP contribution in [0.15, 0.2) is 18.2 Å². The molecule has 1 heterocycles. The molecule has 1 aromatic rings. The summed E-state index contributed by atoms with van der Waals surface area (Å²) in [6.07, 6.45) is 0.676. The quantitative estimate of drug-likeness (QED) is 0.922. The molecule has 2 rings (SSSR count). The van der Waals surface area contributed by atoms with Crippen LogP contribution in [-0.4, -0.2) is 37.1 Å². The predicted molar refractivity (Wildman–Crippen MR) is 76.3 cm³/mol. The zero-order valence-corrected chi connectivity index (χ0v) is 12.0. The second-order valence-corrected chi connectivity index (χ2v) is 4.95. The standard InChI is InChI=1S/C13H18ClFN2.ClH/c1-10-9-16-6-8-17(10)7-5-11-12(14)3-2-4-13(11)15;/h2-4,10,16H,5-9H2,1H3;1H/t10-;/m0./s1. The van der Waals surface area contributed by atoms with Crippen molar-refractivity contribution in [1.29, 1.82) is 0 Å². The molecule has 102 valence electrons. The Kier molecular flexibility index (Phi) is 6.36. The summed E-state index contributed by atoms with van der Waals surface area (Å²) in [5.41, 5.74) is 0.639. The van der Waals surface area contributed by atoms with Gasteiger partial charge in [0.1, 0.15) is 5.82 Å². The van der Waals surface area contributed by atoms with Crippen LogP contribution in [0.3, 0.4) is 0 Å². The summed E-state index contributed by atoms with van der Waals surface area (Å²) in [5, 5.41) is 3.88. The molecule has 0 aromatic heterocycles. The van der Waals surface area contributed by atoms with Gasteiger partial charge in [-0.05, 0) is 25.5 Å². The summed E-state index contributed by atoms with van der Waals surface area (Å²) in [4.78, 5) is 2.37. The molecule has 1 N–H and O–H groups in total. The lowest BCUT2D eigenvalue weighted by atomic mass is 10.1. The highest BCUT2D eigenvalue weighted by Crippen LogP contribution is 2.20. The van der Waals surface area contributed by atoms with Crippen LogP contribution in [0.1, 0.15) is 12.5 Å². The monoisotopic (exact) mass is 292 g/mol. The molecular weight excluding hydrogens is 274 g/mol. The molecule has 18 heavy (non-hydrogen) atoms. The fourth-order valence-corrected chi connectivity index (χ4v) is 2.50. The van der Waals surface area contributed by atoms with E-state index in [0.717, 1.165) is 26.2 Å². The van der Waals surface area contributed by atoms with Crippen LogP contribution in [0.5, 0.6) is 0 Å². The van der Waals surface area contributed by atoms with E-state index < -0.39 is 0 Å². The molecule has 5 heteroatoms. The fraction of sp³-hybridized carbons (Fsp3) is 0.538. The van der Waals surface area contributed by atoms with Gasteiger partial charge in [0.15, 0.2) is 0 Å². The van der Waals surface area contributed by atoms with Crippen molar-refractivity contribution in [2.24, 2.45) is 0 Å². The van der Waals surface area contributed by atoms with Crippen LogP contribution in [0, 0.1) is 5.82 Å². The highest BCUT2D eigenvalue weighted by molar-refractivity contribution is 6.31. The minimum absolute atomic E-state index is 0. The first kappa shape index (κ1) is 15.7. The second kappa shape index (κ2) is 7.29. The first-order valence-corrected chi connectivity index (χ1v) is 6.44. The van der Waals surface area contributed by atoms with Crippen LogP contribution < -0.4 is 5.32 Å². The van der Waals surface area contributed by atoms with Crippen LogP contribution in [0.4, 0.5) is 4.39 Å². The molecule has 0 spiro atoms. The number of piperazine rings is 1. The maximum absolute atomic E-state index is 13.6. The van der Waals surface area contributed by atoms with Crippen LogP contribution >= 0.6 is 24.0 Å². The lowest BCUT2D eigenvalue weighted by Gasteiger charge is -2.33. The summed E-state index contributed by atoms with van der Waals surface area (Å²) < 4.78 is 13.6. The van der Waals surface area contributed by atoms with E-state index in [2.05, 4.69) is 17.1 Å². The smallest absolute Gasteiger partial charge is 0.127 e. The molecule has 0 unspecified atom stereocenters. The average molecular weight is 293 g/mol. The number of hydrogen-bond donors (Lipinski definition) is 1. The summed E-state index contributed by atoms with van der Waals surface area (Å²) >= 11 is 6.01. The molecule has 2 nitrogen and oxygen atoms in total. The second-order valence-electron chi connectivity index (χ2n) is 4.54. The first-order valence-electron chi connectivity index (χ1n) is 6.06. The molecule has 1 saturated heterocycles. The highest BCUT2D eigenvalue weighted by Gasteiger charge is 2.18. The molecule has 1 aliphatic heterocycles. The number of benzene rings is 1. The Morgan fingerprint density at radius 1 is 1.50 bits per heavy atom. The summed E-state index contributed by atoms with van der Waals surface area (Å²) in [5.74, 6) is -0.194. The van der Waals surface area contributed by atoms with Crippen molar-refractivity contribution in [3.8, 4) is 0 Å². The Balaban J connectivity index is 0.00000162. The molecule has 0 amide bonds.